The smallest absolute Gasteiger partial charge is 0.231 e. The van der Waals surface area contributed by atoms with E-state index in [1.54, 1.807) is 0 Å². The summed E-state index contributed by atoms with van der Waals surface area (Å²) in [6.45, 7) is 7.68. The first kappa shape index (κ1) is 13.7. The van der Waals surface area contributed by atoms with Gasteiger partial charge in [-0.1, -0.05) is 19.9 Å². The van der Waals surface area contributed by atoms with Gasteiger partial charge >= 0.3 is 0 Å². The van der Waals surface area contributed by atoms with Gasteiger partial charge in [-0.2, -0.15) is 0 Å². The van der Waals surface area contributed by atoms with Crippen LogP contribution in [0.5, 0.6) is 11.5 Å². The molecule has 2 aliphatic rings. The van der Waals surface area contributed by atoms with Crippen molar-refractivity contribution in [3.63, 3.8) is 0 Å². The van der Waals surface area contributed by atoms with Crippen molar-refractivity contribution in [1.82, 2.24) is 4.90 Å². The number of nitrogens with zero attached hydrogens (tertiary/aromatic N) is 1. The number of aliphatic hydroxyl groups excluding tert-OH is 1. The number of fused-ring (bicyclic) bond motifs is 1. The molecule has 1 aromatic rings. The Hall–Kier alpha value is -1.26. The largest absolute Gasteiger partial charge is 0.454 e. The van der Waals surface area contributed by atoms with Crippen molar-refractivity contribution in [3.05, 3.63) is 23.8 Å². The molecule has 0 aromatic heterocycles. The molecule has 1 atom stereocenters. The molecule has 1 fully saturated rings. The fraction of sp³-hybridized carbons (Fsp3) is 0.625. The molecule has 4 heteroatoms. The van der Waals surface area contributed by atoms with E-state index in [-0.39, 0.29) is 6.79 Å². The van der Waals surface area contributed by atoms with Crippen molar-refractivity contribution in [2.45, 2.75) is 32.8 Å². The van der Waals surface area contributed by atoms with Crippen LogP contribution in [0.4, 0.5) is 0 Å². The minimum Gasteiger partial charge on any atom is -0.454 e. The zero-order chi connectivity index (χ0) is 14.2. The zero-order valence-electron chi connectivity index (χ0n) is 12.3. The summed E-state index contributed by atoms with van der Waals surface area (Å²) < 4.78 is 10.7. The van der Waals surface area contributed by atoms with E-state index >= 15 is 0 Å². The lowest BCUT2D eigenvalue weighted by atomic mass is 9.84. The molecule has 0 amide bonds. The molecule has 110 valence electrons. The fourth-order valence-electron chi connectivity index (χ4n) is 3.17. The molecule has 1 unspecified atom stereocenters. The van der Waals surface area contributed by atoms with E-state index in [2.05, 4.69) is 18.7 Å². The lowest BCUT2D eigenvalue weighted by molar-refractivity contribution is 0.0597. The van der Waals surface area contributed by atoms with Crippen LogP contribution in [-0.2, 0) is 0 Å². The fourth-order valence-corrected chi connectivity index (χ4v) is 3.17. The number of likely N-dealkylation sites (tertiary alicyclic amines) is 1. The van der Waals surface area contributed by atoms with Gasteiger partial charge in [0, 0.05) is 13.1 Å². The summed E-state index contributed by atoms with van der Waals surface area (Å²) in [5.74, 6) is 1.50. The predicted octanol–water partition coefficient (Wildman–Crippen LogP) is 2.57. The van der Waals surface area contributed by atoms with Crippen LogP contribution in [0.15, 0.2) is 18.2 Å². The van der Waals surface area contributed by atoms with Crippen LogP contribution < -0.4 is 9.47 Å². The number of hydrogen-bond donors (Lipinski definition) is 1. The van der Waals surface area contributed by atoms with Crippen molar-refractivity contribution in [2.24, 2.45) is 5.41 Å². The Morgan fingerprint density at radius 1 is 1.30 bits per heavy atom. The molecule has 1 saturated heterocycles. The molecule has 0 bridgehead atoms. The quantitative estimate of drug-likeness (QED) is 0.922. The number of benzene rings is 1. The standard InChI is InChI=1S/C16H23NO3/c1-16(2)6-3-7-17(10-16)9-13(18)12-4-5-14-15(8-12)20-11-19-14/h4-5,8,13,18H,3,6-7,9-11H2,1-2H3. The molecule has 0 radical (unpaired) electrons. The molecule has 0 aliphatic carbocycles. The highest BCUT2D eigenvalue weighted by atomic mass is 16.7. The van der Waals surface area contributed by atoms with Gasteiger partial charge in [-0.15, -0.1) is 0 Å². The molecule has 1 aromatic carbocycles. The van der Waals surface area contributed by atoms with E-state index < -0.39 is 6.10 Å². The highest BCUT2D eigenvalue weighted by Crippen LogP contribution is 2.35. The Morgan fingerprint density at radius 2 is 2.10 bits per heavy atom. The molecule has 2 heterocycles. The molecule has 1 N–H and O–H groups in total. The maximum atomic E-state index is 10.4. The summed E-state index contributed by atoms with van der Waals surface area (Å²) in [6, 6.07) is 5.69. The van der Waals surface area contributed by atoms with Crippen molar-refractivity contribution < 1.29 is 14.6 Å². The average Bonchev–Trinajstić information content (AvgIpc) is 2.84. The third kappa shape index (κ3) is 2.91. The minimum atomic E-state index is -0.474. The van der Waals surface area contributed by atoms with Crippen molar-refractivity contribution in [2.75, 3.05) is 26.4 Å². The van der Waals surface area contributed by atoms with Crippen LogP contribution in [0.3, 0.4) is 0 Å². The van der Waals surface area contributed by atoms with Gasteiger partial charge in [-0.05, 0) is 42.5 Å². The van der Waals surface area contributed by atoms with Gasteiger partial charge in [0.1, 0.15) is 0 Å². The SMILES string of the molecule is CC1(C)CCCN(CC(O)c2ccc3c(c2)OCO3)C1. The first-order valence-corrected chi connectivity index (χ1v) is 7.33. The molecular weight excluding hydrogens is 254 g/mol. The second-order valence-electron chi connectivity index (χ2n) is 6.63. The predicted molar refractivity (Wildman–Crippen MR) is 77.0 cm³/mol. The Bertz CT molecular complexity index is 487. The second-order valence-corrected chi connectivity index (χ2v) is 6.63. The Morgan fingerprint density at radius 3 is 2.90 bits per heavy atom. The normalized spacial score (nSPS) is 22.8. The molecule has 2 aliphatic heterocycles. The summed E-state index contributed by atoms with van der Waals surface area (Å²) in [6.07, 6.45) is 2.00. The van der Waals surface area contributed by atoms with Crippen molar-refractivity contribution in [1.29, 1.82) is 0 Å². The van der Waals surface area contributed by atoms with Crippen LogP contribution in [0, 0.1) is 5.41 Å². The number of β-amino-alcohol motifs (C(OH)–C–C–N with tert-alkyl or cyclic N) is 1. The van der Waals surface area contributed by atoms with Crippen LogP contribution in [0.25, 0.3) is 0 Å². The molecule has 0 saturated carbocycles. The molecule has 4 nitrogen and oxygen atoms in total. The minimum absolute atomic E-state index is 0.273. The Balaban J connectivity index is 1.65. The lowest BCUT2D eigenvalue weighted by Crippen LogP contribution is -2.41. The topological polar surface area (TPSA) is 41.9 Å². The number of aliphatic hydroxyl groups is 1. The van der Waals surface area contributed by atoms with Crippen LogP contribution in [-0.4, -0.2) is 36.4 Å². The Labute approximate surface area is 120 Å². The third-order valence-electron chi connectivity index (χ3n) is 4.19. The van der Waals surface area contributed by atoms with Crippen molar-refractivity contribution in [3.8, 4) is 11.5 Å². The van der Waals surface area contributed by atoms with Gasteiger partial charge in [-0.25, -0.2) is 0 Å². The van der Waals surface area contributed by atoms with E-state index in [9.17, 15) is 5.11 Å². The van der Waals surface area contributed by atoms with Gasteiger partial charge < -0.3 is 14.6 Å². The maximum absolute atomic E-state index is 10.4. The third-order valence-corrected chi connectivity index (χ3v) is 4.19. The van der Waals surface area contributed by atoms with E-state index in [0.717, 1.165) is 30.2 Å². The monoisotopic (exact) mass is 277 g/mol. The van der Waals surface area contributed by atoms with Crippen LogP contribution in [0.2, 0.25) is 0 Å². The molecule has 0 spiro atoms. The van der Waals surface area contributed by atoms with Gasteiger partial charge in [0.05, 0.1) is 6.10 Å². The first-order chi connectivity index (χ1) is 9.53. The first-order valence-electron chi connectivity index (χ1n) is 7.33. The number of ether oxygens (including phenoxy) is 2. The summed E-state index contributed by atoms with van der Waals surface area (Å²) in [5, 5.41) is 10.4. The number of piperidine rings is 1. The van der Waals surface area contributed by atoms with E-state index in [1.165, 1.54) is 12.8 Å². The number of rotatable bonds is 3. The van der Waals surface area contributed by atoms with Crippen LogP contribution in [0.1, 0.15) is 38.4 Å². The molecule has 3 rings (SSSR count). The van der Waals surface area contributed by atoms with E-state index in [4.69, 9.17) is 9.47 Å². The van der Waals surface area contributed by atoms with E-state index in [0.29, 0.717) is 12.0 Å². The highest BCUT2D eigenvalue weighted by Gasteiger charge is 2.28. The van der Waals surface area contributed by atoms with Crippen molar-refractivity contribution >= 4 is 0 Å². The second kappa shape index (κ2) is 5.26. The lowest BCUT2D eigenvalue weighted by Gasteiger charge is -2.38. The zero-order valence-corrected chi connectivity index (χ0v) is 12.3. The highest BCUT2D eigenvalue weighted by molar-refractivity contribution is 5.45. The number of hydrogen-bond acceptors (Lipinski definition) is 4. The molecular formula is C16H23NO3. The van der Waals surface area contributed by atoms with E-state index in [1.807, 2.05) is 18.2 Å². The Kier molecular flexibility index (Phi) is 3.61. The summed E-state index contributed by atoms with van der Waals surface area (Å²) in [4.78, 5) is 2.36. The summed E-state index contributed by atoms with van der Waals surface area (Å²) in [7, 11) is 0. The van der Waals surface area contributed by atoms with Crippen LogP contribution >= 0.6 is 0 Å². The van der Waals surface area contributed by atoms with Gasteiger partial charge in [-0.3, -0.25) is 4.90 Å². The summed E-state index contributed by atoms with van der Waals surface area (Å²) >= 11 is 0. The maximum Gasteiger partial charge on any atom is 0.231 e. The van der Waals surface area contributed by atoms with Gasteiger partial charge in [0.2, 0.25) is 6.79 Å². The molecule has 20 heavy (non-hydrogen) atoms. The van der Waals surface area contributed by atoms with Gasteiger partial charge in [0.15, 0.2) is 11.5 Å². The summed E-state index contributed by atoms with van der Waals surface area (Å²) in [5.41, 5.74) is 1.25. The average molecular weight is 277 g/mol. The van der Waals surface area contributed by atoms with Gasteiger partial charge in [0.25, 0.3) is 0 Å².